The van der Waals surface area contributed by atoms with Crippen LogP contribution >= 0.6 is 0 Å². The highest BCUT2D eigenvalue weighted by Gasteiger charge is 2.34. The molecule has 1 aliphatic carbocycles. The predicted molar refractivity (Wildman–Crippen MR) is 69.6 cm³/mol. The van der Waals surface area contributed by atoms with Gasteiger partial charge >= 0.3 is 0 Å². The van der Waals surface area contributed by atoms with Crippen molar-refractivity contribution in [1.29, 1.82) is 5.26 Å². The SMILES string of the molecule is CC1CCCN(CC(C)(C#N)NC2CC2)CC1. The molecule has 0 aromatic carbocycles. The van der Waals surface area contributed by atoms with Crippen LogP contribution in [0, 0.1) is 17.2 Å². The van der Waals surface area contributed by atoms with Crippen LogP contribution in [-0.4, -0.2) is 36.1 Å². The minimum absolute atomic E-state index is 0.352. The van der Waals surface area contributed by atoms with Gasteiger partial charge in [0.25, 0.3) is 0 Å². The van der Waals surface area contributed by atoms with Crippen LogP contribution in [-0.2, 0) is 0 Å². The molecule has 3 nitrogen and oxygen atoms in total. The van der Waals surface area contributed by atoms with Gasteiger partial charge in [0.2, 0.25) is 0 Å². The third-order valence-electron chi connectivity index (χ3n) is 4.00. The maximum atomic E-state index is 9.38. The molecule has 2 unspecified atom stereocenters. The van der Waals surface area contributed by atoms with E-state index in [1.807, 2.05) is 0 Å². The Balaban J connectivity index is 1.86. The van der Waals surface area contributed by atoms with Crippen LogP contribution in [0.3, 0.4) is 0 Å². The summed E-state index contributed by atoms with van der Waals surface area (Å²) in [5, 5.41) is 12.9. The van der Waals surface area contributed by atoms with Crippen LogP contribution in [0.4, 0.5) is 0 Å². The molecule has 1 heterocycles. The quantitative estimate of drug-likeness (QED) is 0.811. The molecule has 2 fully saturated rings. The van der Waals surface area contributed by atoms with E-state index in [4.69, 9.17) is 0 Å². The molecule has 2 aliphatic rings. The van der Waals surface area contributed by atoms with Crippen molar-refractivity contribution < 1.29 is 0 Å². The van der Waals surface area contributed by atoms with Crippen molar-refractivity contribution in [2.24, 2.45) is 5.92 Å². The van der Waals surface area contributed by atoms with Crippen LogP contribution in [0.15, 0.2) is 0 Å². The first kappa shape index (κ1) is 12.9. The second kappa shape index (κ2) is 5.37. The van der Waals surface area contributed by atoms with E-state index in [1.54, 1.807) is 0 Å². The molecule has 2 atom stereocenters. The summed E-state index contributed by atoms with van der Waals surface area (Å²) in [6.45, 7) is 7.60. The number of hydrogen-bond acceptors (Lipinski definition) is 3. The number of hydrogen-bond donors (Lipinski definition) is 1. The number of likely N-dealkylation sites (tertiary alicyclic amines) is 1. The third-order valence-corrected chi connectivity index (χ3v) is 4.00. The van der Waals surface area contributed by atoms with Gasteiger partial charge in [0.05, 0.1) is 6.07 Å². The van der Waals surface area contributed by atoms with Gasteiger partial charge in [-0.15, -0.1) is 0 Å². The second-order valence-corrected chi connectivity index (χ2v) is 6.17. The van der Waals surface area contributed by atoms with Gasteiger partial charge in [-0.2, -0.15) is 5.26 Å². The number of nitrogens with zero attached hydrogens (tertiary/aromatic N) is 2. The van der Waals surface area contributed by atoms with Gasteiger partial charge < -0.3 is 4.90 Å². The van der Waals surface area contributed by atoms with Gasteiger partial charge in [-0.05, 0) is 58.0 Å². The van der Waals surface area contributed by atoms with E-state index >= 15 is 0 Å². The first-order chi connectivity index (χ1) is 8.11. The molecule has 96 valence electrons. The van der Waals surface area contributed by atoms with Gasteiger partial charge in [-0.1, -0.05) is 6.92 Å². The van der Waals surface area contributed by atoms with E-state index in [2.05, 4.69) is 30.1 Å². The van der Waals surface area contributed by atoms with Crippen LogP contribution in [0.25, 0.3) is 0 Å². The Bertz CT molecular complexity index is 292. The Morgan fingerprint density at radius 2 is 2.06 bits per heavy atom. The molecule has 2 rings (SSSR count). The number of nitriles is 1. The average molecular weight is 235 g/mol. The van der Waals surface area contributed by atoms with Crippen molar-refractivity contribution in [2.75, 3.05) is 19.6 Å². The highest BCUT2D eigenvalue weighted by atomic mass is 15.2. The normalized spacial score (nSPS) is 30.3. The topological polar surface area (TPSA) is 39.1 Å². The lowest BCUT2D eigenvalue weighted by Gasteiger charge is -2.30. The number of rotatable bonds is 4. The molecule has 3 heteroatoms. The fraction of sp³-hybridized carbons (Fsp3) is 0.929. The molecule has 1 aliphatic heterocycles. The van der Waals surface area contributed by atoms with Crippen LogP contribution in [0.2, 0.25) is 0 Å². The molecule has 17 heavy (non-hydrogen) atoms. The summed E-state index contributed by atoms with van der Waals surface area (Å²) >= 11 is 0. The summed E-state index contributed by atoms with van der Waals surface area (Å²) in [6.07, 6.45) is 6.40. The smallest absolute Gasteiger partial charge is 0.116 e. The lowest BCUT2D eigenvalue weighted by atomic mass is 10.0. The molecule has 1 saturated heterocycles. The zero-order chi connectivity index (χ0) is 12.3. The first-order valence-electron chi connectivity index (χ1n) is 7.02. The molecule has 1 saturated carbocycles. The molecule has 0 aromatic heterocycles. The largest absolute Gasteiger partial charge is 0.300 e. The summed E-state index contributed by atoms with van der Waals surface area (Å²) in [4.78, 5) is 2.47. The molecule has 0 bridgehead atoms. The van der Waals surface area contributed by atoms with E-state index in [9.17, 15) is 5.26 Å². The average Bonchev–Trinajstić information content (AvgIpc) is 3.09. The lowest BCUT2D eigenvalue weighted by molar-refractivity contribution is 0.223. The predicted octanol–water partition coefficient (Wildman–Crippen LogP) is 2.14. The van der Waals surface area contributed by atoms with Gasteiger partial charge in [-0.25, -0.2) is 0 Å². The minimum Gasteiger partial charge on any atom is -0.300 e. The van der Waals surface area contributed by atoms with Gasteiger partial charge in [0, 0.05) is 12.6 Å². The van der Waals surface area contributed by atoms with Crippen molar-refractivity contribution >= 4 is 0 Å². The Hall–Kier alpha value is -0.590. The molecule has 1 N–H and O–H groups in total. The van der Waals surface area contributed by atoms with E-state index < -0.39 is 0 Å². The van der Waals surface area contributed by atoms with Crippen molar-refractivity contribution in [3.63, 3.8) is 0 Å². The monoisotopic (exact) mass is 235 g/mol. The van der Waals surface area contributed by atoms with E-state index in [0.717, 1.165) is 25.6 Å². The van der Waals surface area contributed by atoms with E-state index in [-0.39, 0.29) is 5.54 Å². The highest BCUT2D eigenvalue weighted by molar-refractivity contribution is 5.09. The molecule has 0 spiro atoms. The van der Waals surface area contributed by atoms with Gasteiger partial charge in [-0.3, -0.25) is 5.32 Å². The summed E-state index contributed by atoms with van der Waals surface area (Å²) in [5.41, 5.74) is -0.352. The third kappa shape index (κ3) is 3.97. The Labute approximate surface area is 105 Å². The molecule has 0 radical (unpaired) electrons. The Morgan fingerprint density at radius 3 is 2.71 bits per heavy atom. The molecular weight excluding hydrogens is 210 g/mol. The van der Waals surface area contributed by atoms with Gasteiger partial charge in [0.1, 0.15) is 5.54 Å². The zero-order valence-corrected chi connectivity index (χ0v) is 11.2. The fourth-order valence-corrected chi connectivity index (χ4v) is 2.72. The summed E-state index contributed by atoms with van der Waals surface area (Å²) in [6, 6.07) is 3.08. The Kier molecular flexibility index (Phi) is 4.06. The van der Waals surface area contributed by atoms with E-state index in [0.29, 0.717) is 6.04 Å². The minimum atomic E-state index is -0.352. The first-order valence-corrected chi connectivity index (χ1v) is 7.02. The van der Waals surface area contributed by atoms with Crippen molar-refractivity contribution in [1.82, 2.24) is 10.2 Å². The lowest BCUT2D eigenvalue weighted by Crippen LogP contribution is -2.51. The summed E-state index contributed by atoms with van der Waals surface area (Å²) in [7, 11) is 0. The number of nitrogens with one attached hydrogen (secondary N) is 1. The summed E-state index contributed by atoms with van der Waals surface area (Å²) < 4.78 is 0. The van der Waals surface area contributed by atoms with Crippen molar-refractivity contribution in [3.8, 4) is 6.07 Å². The fourth-order valence-electron chi connectivity index (χ4n) is 2.72. The molecular formula is C14H25N3. The summed E-state index contributed by atoms with van der Waals surface area (Å²) in [5.74, 6) is 0.852. The maximum Gasteiger partial charge on any atom is 0.116 e. The Morgan fingerprint density at radius 1 is 1.29 bits per heavy atom. The standard InChI is InChI=1S/C14H25N3/c1-12-4-3-8-17(9-7-12)11-14(2,10-15)16-13-5-6-13/h12-13,16H,3-9,11H2,1-2H3. The zero-order valence-electron chi connectivity index (χ0n) is 11.2. The van der Waals surface area contributed by atoms with Crippen LogP contribution < -0.4 is 5.32 Å². The van der Waals surface area contributed by atoms with Crippen LogP contribution in [0.1, 0.15) is 46.0 Å². The van der Waals surface area contributed by atoms with Crippen molar-refractivity contribution in [3.05, 3.63) is 0 Å². The second-order valence-electron chi connectivity index (χ2n) is 6.17. The molecule has 0 amide bonds. The van der Waals surface area contributed by atoms with Gasteiger partial charge in [0.15, 0.2) is 0 Å². The maximum absolute atomic E-state index is 9.38. The van der Waals surface area contributed by atoms with E-state index in [1.165, 1.54) is 32.1 Å². The molecule has 0 aromatic rings. The van der Waals surface area contributed by atoms with Crippen LogP contribution in [0.5, 0.6) is 0 Å². The van der Waals surface area contributed by atoms with Crippen molar-refractivity contribution in [2.45, 2.75) is 57.5 Å². The highest BCUT2D eigenvalue weighted by Crippen LogP contribution is 2.24.